The molecule has 0 unspecified atom stereocenters. The Hall–Kier alpha value is -2.68. The number of imidazole rings is 1. The van der Waals surface area contributed by atoms with Gasteiger partial charge in [-0.05, 0) is 56.9 Å². The van der Waals surface area contributed by atoms with Gasteiger partial charge in [0.1, 0.15) is 5.82 Å². The van der Waals surface area contributed by atoms with E-state index in [0.717, 1.165) is 41.9 Å². The zero-order valence-corrected chi connectivity index (χ0v) is 20.9. The number of alkyl halides is 3. The first-order chi connectivity index (χ1) is 15.7. The second kappa shape index (κ2) is 9.90. The Labute approximate surface area is 198 Å². The lowest BCUT2D eigenvalue weighted by molar-refractivity contribution is -0.159. The van der Waals surface area contributed by atoms with Crippen molar-refractivity contribution in [2.75, 3.05) is 6.54 Å². The SMILES string of the molecule is CC(C)N(CCn1c(CC(C)(C)C)nc2cc(/C=C/c3noc(C(F)(F)F)n3)ccc21)C(C)C. The lowest BCUT2D eigenvalue weighted by Gasteiger charge is -2.31. The van der Waals surface area contributed by atoms with Gasteiger partial charge in [0.15, 0.2) is 5.82 Å². The highest BCUT2D eigenvalue weighted by Gasteiger charge is 2.38. The minimum absolute atomic E-state index is 0.0758. The maximum absolute atomic E-state index is 12.7. The molecule has 0 amide bonds. The van der Waals surface area contributed by atoms with Crippen LogP contribution in [0.15, 0.2) is 22.7 Å². The Bertz CT molecular complexity index is 1130. The molecule has 3 rings (SSSR count). The average Bonchev–Trinajstić information content (AvgIpc) is 3.29. The predicted octanol–water partition coefficient (Wildman–Crippen LogP) is 6.32. The van der Waals surface area contributed by atoms with Gasteiger partial charge in [-0.25, -0.2) is 4.98 Å². The molecule has 9 heteroatoms. The monoisotopic (exact) mass is 477 g/mol. The standard InChI is InChI=1S/C25H34F3N5O/c1-16(2)32(17(3)4)12-13-33-20-10-8-18(14-19(20)29-22(33)15-24(5,6)7)9-11-21-30-23(34-31-21)25(26,27)28/h8-11,14,16-17H,12-13,15H2,1-7H3/b11-9+. The van der Waals surface area contributed by atoms with E-state index in [9.17, 15) is 13.2 Å². The largest absolute Gasteiger partial charge is 0.471 e. The minimum atomic E-state index is -4.66. The number of fused-ring (bicyclic) bond motifs is 1. The third-order valence-electron chi connectivity index (χ3n) is 5.56. The molecule has 1 aromatic carbocycles. The molecule has 0 aliphatic rings. The van der Waals surface area contributed by atoms with Crippen molar-refractivity contribution in [2.45, 2.75) is 79.7 Å². The van der Waals surface area contributed by atoms with Crippen molar-refractivity contribution >= 4 is 23.2 Å². The number of benzene rings is 1. The van der Waals surface area contributed by atoms with Crippen LogP contribution in [-0.2, 0) is 19.1 Å². The lowest BCUT2D eigenvalue weighted by Crippen LogP contribution is -2.39. The molecule has 0 spiro atoms. The van der Waals surface area contributed by atoms with E-state index in [2.05, 4.69) is 72.6 Å². The number of aromatic nitrogens is 4. The second-order valence-electron chi connectivity index (χ2n) is 10.4. The Balaban J connectivity index is 1.90. The maximum atomic E-state index is 12.7. The summed E-state index contributed by atoms with van der Waals surface area (Å²) in [5.74, 6) is -0.456. The van der Waals surface area contributed by atoms with Gasteiger partial charge in [0, 0.05) is 31.6 Å². The molecule has 0 aliphatic carbocycles. The van der Waals surface area contributed by atoms with E-state index in [1.54, 1.807) is 6.08 Å². The zero-order valence-electron chi connectivity index (χ0n) is 20.9. The van der Waals surface area contributed by atoms with Gasteiger partial charge in [-0.1, -0.05) is 38.1 Å². The summed E-state index contributed by atoms with van der Waals surface area (Å²) in [6.45, 7) is 17.2. The average molecular weight is 478 g/mol. The van der Waals surface area contributed by atoms with Gasteiger partial charge < -0.3 is 9.09 Å². The molecular formula is C25H34F3N5O. The molecule has 0 aliphatic heterocycles. The summed E-state index contributed by atoms with van der Waals surface area (Å²) in [5.41, 5.74) is 2.77. The molecule has 2 aromatic heterocycles. The normalized spacial score (nSPS) is 13.4. The third kappa shape index (κ3) is 6.46. The number of nitrogens with zero attached hydrogens (tertiary/aromatic N) is 5. The van der Waals surface area contributed by atoms with Crippen LogP contribution in [-0.4, -0.2) is 43.2 Å². The molecule has 3 aromatic rings. The van der Waals surface area contributed by atoms with Crippen LogP contribution in [0.25, 0.3) is 23.2 Å². The number of rotatable bonds is 8. The van der Waals surface area contributed by atoms with Crippen LogP contribution in [0.3, 0.4) is 0 Å². The van der Waals surface area contributed by atoms with Crippen LogP contribution in [0.2, 0.25) is 0 Å². The fourth-order valence-corrected chi connectivity index (χ4v) is 4.08. The molecule has 186 valence electrons. The first-order valence-electron chi connectivity index (χ1n) is 11.6. The van der Waals surface area contributed by atoms with E-state index < -0.39 is 12.1 Å². The van der Waals surface area contributed by atoms with Crippen LogP contribution in [0.4, 0.5) is 13.2 Å². The zero-order chi connectivity index (χ0) is 25.3. The summed E-state index contributed by atoms with van der Waals surface area (Å²) in [6.07, 6.45) is -0.767. The summed E-state index contributed by atoms with van der Waals surface area (Å²) in [6, 6.07) is 6.76. The van der Waals surface area contributed by atoms with Crippen molar-refractivity contribution in [1.82, 2.24) is 24.6 Å². The van der Waals surface area contributed by atoms with Gasteiger partial charge in [0.2, 0.25) is 0 Å². The fraction of sp³-hybridized carbons (Fsp3) is 0.560. The molecule has 0 bridgehead atoms. The van der Waals surface area contributed by atoms with Crippen molar-refractivity contribution in [2.24, 2.45) is 5.41 Å². The van der Waals surface area contributed by atoms with Gasteiger partial charge in [-0.2, -0.15) is 18.2 Å². The van der Waals surface area contributed by atoms with Gasteiger partial charge in [-0.3, -0.25) is 4.90 Å². The Morgan fingerprint density at radius 1 is 1.03 bits per heavy atom. The maximum Gasteiger partial charge on any atom is 0.471 e. The Kier molecular flexibility index (Phi) is 7.55. The smallest absolute Gasteiger partial charge is 0.329 e. The number of hydrogen-bond donors (Lipinski definition) is 0. The predicted molar refractivity (Wildman–Crippen MR) is 128 cm³/mol. The molecule has 0 N–H and O–H groups in total. The number of hydrogen-bond acceptors (Lipinski definition) is 5. The van der Waals surface area contributed by atoms with E-state index in [1.807, 2.05) is 18.2 Å². The molecule has 0 atom stereocenters. The van der Waals surface area contributed by atoms with Crippen LogP contribution in [0, 0.1) is 5.41 Å². The molecule has 0 fully saturated rings. The summed E-state index contributed by atoms with van der Waals surface area (Å²) in [4.78, 5) is 10.8. The van der Waals surface area contributed by atoms with E-state index in [4.69, 9.17) is 4.98 Å². The van der Waals surface area contributed by atoms with Gasteiger partial charge in [-0.15, -0.1) is 0 Å². The Morgan fingerprint density at radius 3 is 2.26 bits per heavy atom. The van der Waals surface area contributed by atoms with Gasteiger partial charge in [0.25, 0.3) is 0 Å². The summed E-state index contributed by atoms with van der Waals surface area (Å²) in [5, 5.41) is 3.37. The van der Waals surface area contributed by atoms with Crippen LogP contribution in [0.5, 0.6) is 0 Å². The molecule has 0 saturated carbocycles. The van der Waals surface area contributed by atoms with Crippen LogP contribution in [0.1, 0.15) is 71.6 Å². The van der Waals surface area contributed by atoms with Gasteiger partial charge >= 0.3 is 12.1 Å². The molecule has 0 radical (unpaired) electrons. The van der Waals surface area contributed by atoms with E-state index >= 15 is 0 Å². The van der Waals surface area contributed by atoms with Crippen molar-refractivity contribution in [3.63, 3.8) is 0 Å². The quantitative estimate of drug-likeness (QED) is 0.380. The Morgan fingerprint density at radius 2 is 1.71 bits per heavy atom. The molecule has 34 heavy (non-hydrogen) atoms. The number of halogens is 3. The highest BCUT2D eigenvalue weighted by atomic mass is 19.4. The highest BCUT2D eigenvalue weighted by molar-refractivity contribution is 5.81. The summed E-state index contributed by atoms with van der Waals surface area (Å²) >= 11 is 0. The third-order valence-corrected chi connectivity index (χ3v) is 5.56. The summed E-state index contributed by atoms with van der Waals surface area (Å²) < 4.78 is 44.6. The highest BCUT2D eigenvalue weighted by Crippen LogP contribution is 2.28. The van der Waals surface area contributed by atoms with Crippen molar-refractivity contribution in [3.05, 3.63) is 41.3 Å². The van der Waals surface area contributed by atoms with Gasteiger partial charge in [0.05, 0.1) is 11.0 Å². The van der Waals surface area contributed by atoms with Crippen molar-refractivity contribution < 1.29 is 17.7 Å². The minimum Gasteiger partial charge on any atom is -0.329 e. The van der Waals surface area contributed by atoms with Crippen molar-refractivity contribution in [1.29, 1.82) is 0 Å². The van der Waals surface area contributed by atoms with Crippen LogP contribution < -0.4 is 0 Å². The second-order valence-corrected chi connectivity index (χ2v) is 10.4. The fourth-order valence-electron chi connectivity index (χ4n) is 4.08. The molecular weight excluding hydrogens is 443 g/mol. The molecule has 6 nitrogen and oxygen atoms in total. The first kappa shape index (κ1) is 25.9. The molecule has 2 heterocycles. The van der Waals surface area contributed by atoms with E-state index in [0.29, 0.717) is 12.1 Å². The lowest BCUT2D eigenvalue weighted by atomic mass is 9.92. The molecule has 0 saturated heterocycles. The topological polar surface area (TPSA) is 60.0 Å². The van der Waals surface area contributed by atoms with E-state index in [-0.39, 0.29) is 11.2 Å². The summed E-state index contributed by atoms with van der Waals surface area (Å²) in [7, 11) is 0. The van der Waals surface area contributed by atoms with Crippen molar-refractivity contribution in [3.8, 4) is 0 Å². The van der Waals surface area contributed by atoms with E-state index in [1.165, 1.54) is 6.08 Å². The van der Waals surface area contributed by atoms with Crippen LogP contribution >= 0.6 is 0 Å². The first-order valence-corrected chi connectivity index (χ1v) is 11.6.